The number of carbonyl (C=O) groups is 1. The molecule has 7 heteroatoms. The van der Waals surface area contributed by atoms with Gasteiger partial charge in [0.2, 0.25) is 0 Å². The van der Waals surface area contributed by atoms with E-state index in [0.717, 1.165) is 31.9 Å². The molecule has 26 heavy (non-hydrogen) atoms. The molecule has 0 heterocycles. The van der Waals surface area contributed by atoms with E-state index < -0.39 is 5.60 Å². The van der Waals surface area contributed by atoms with Crippen LogP contribution in [-0.4, -0.2) is 55.4 Å². The van der Waals surface area contributed by atoms with Crippen molar-refractivity contribution >= 4 is 12.1 Å². The SMILES string of the molecule is CCC(CC)(CNC(=NC)NCCNC(C)(C)C)NC(=O)OC(C)(C)C. The molecule has 0 unspecified atom stereocenters. The van der Waals surface area contributed by atoms with Gasteiger partial charge < -0.3 is 26.0 Å². The summed E-state index contributed by atoms with van der Waals surface area (Å²) in [4.78, 5) is 16.5. The molecule has 1 amide bonds. The van der Waals surface area contributed by atoms with Crippen LogP contribution in [0.5, 0.6) is 0 Å². The van der Waals surface area contributed by atoms with Crippen molar-refractivity contribution in [1.82, 2.24) is 21.3 Å². The highest BCUT2D eigenvalue weighted by molar-refractivity contribution is 5.79. The first-order valence-electron chi connectivity index (χ1n) is 9.57. The van der Waals surface area contributed by atoms with Crippen LogP contribution in [-0.2, 0) is 4.74 Å². The zero-order chi connectivity index (χ0) is 20.4. The molecule has 4 N–H and O–H groups in total. The van der Waals surface area contributed by atoms with Crippen LogP contribution in [0.2, 0.25) is 0 Å². The third-order valence-electron chi connectivity index (χ3n) is 4.01. The lowest BCUT2D eigenvalue weighted by Gasteiger charge is -2.34. The number of aliphatic imine (C=N–C) groups is 1. The van der Waals surface area contributed by atoms with Crippen LogP contribution < -0.4 is 21.3 Å². The van der Waals surface area contributed by atoms with Gasteiger partial charge >= 0.3 is 6.09 Å². The van der Waals surface area contributed by atoms with Crippen LogP contribution in [0.1, 0.15) is 68.2 Å². The summed E-state index contributed by atoms with van der Waals surface area (Å²) in [5.74, 6) is 0.720. The summed E-state index contributed by atoms with van der Waals surface area (Å²) in [5, 5.41) is 13.1. The molecule has 7 nitrogen and oxygen atoms in total. The molecule has 0 aliphatic heterocycles. The van der Waals surface area contributed by atoms with Crippen molar-refractivity contribution in [3.05, 3.63) is 0 Å². The summed E-state index contributed by atoms with van der Waals surface area (Å²) in [7, 11) is 1.74. The molecule has 0 saturated carbocycles. The molecular formula is C19H41N5O2. The number of guanidine groups is 1. The Morgan fingerprint density at radius 1 is 0.962 bits per heavy atom. The topological polar surface area (TPSA) is 86.8 Å². The van der Waals surface area contributed by atoms with Gasteiger partial charge in [0.25, 0.3) is 0 Å². The van der Waals surface area contributed by atoms with Gasteiger partial charge in [0.1, 0.15) is 5.60 Å². The Hall–Kier alpha value is -1.50. The number of nitrogens with one attached hydrogen (secondary N) is 4. The first-order valence-corrected chi connectivity index (χ1v) is 9.57. The smallest absolute Gasteiger partial charge is 0.408 e. The number of amides is 1. The molecule has 0 atom stereocenters. The summed E-state index contributed by atoms with van der Waals surface area (Å²) in [6, 6.07) is 0. The van der Waals surface area contributed by atoms with Gasteiger partial charge in [0.15, 0.2) is 5.96 Å². The fraction of sp³-hybridized carbons (Fsp3) is 0.895. The van der Waals surface area contributed by atoms with E-state index in [9.17, 15) is 4.79 Å². The van der Waals surface area contributed by atoms with Gasteiger partial charge in [-0.2, -0.15) is 0 Å². The first-order chi connectivity index (χ1) is 11.9. The molecule has 0 bridgehead atoms. The summed E-state index contributed by atoms with van der Waals surface area (Å²) >= 11 is 0. The number of rotatable bonds is 8. The molecule has 0 rings (SSSR count). The van der Waals surface area contributed by atoms with Gasteiger partial charge in [-0.05, 0) is 54.4 Å². The summed E-state index contributed by atoms with van der Waals surface area (Å²) < 4.78 is 5.41. The van der Waals surface area contributed by atoms with Gasteiger partial charge in [0.05, 0.1) is 5.54 Å². The van der Waals surface area contributed by atoms with Crippen LogP contribution in [0.25, 0.3) is 0 Å². The van der Waals surface area contributed by atoms with Crippen molar-refractivity contribution in [1.29, 1.82) is 0 Å². The van der Waals surface area contributed by atoms with E-state index in [4.69, 9.17) is 4.74 Å². The zero-order valence-corrected chi connectivity index (χ0v) is 18.3. The van der Waals surface area contributed by atoms with Gasteiger partial charge in [-0.25, -0.2) is 4.79 Å². The lowest BCUT2D eigenvalue weighted by atomic mass is 9.93. The second kappa shape index (κ2) is 10.6. The Morgan fingerprint density at radius 2 is 1.54 bits per heavy atom. The minimum atomic E-state index is -0.512. The van der Waals surface area contributed by atoms with Crippen molar-refractivity contribution in [2.45, 2.75) is 84.9 Å². The van der Waals surface area contributed by atoms with Gasteiger partial charge in [-0.1, -0.05) is 13.8 Å². The minimum absolute atomic E-state index is 0.0928. The van der Waals surface area contributed by atoms with E-state index in [1.165, 1.54) is 0 Å². The van der Waals surface area contributed by atoms with Crippen LogP contribution in [0.15, 0.2) is 4.99 Å². The van der Waals surface area contributed by atoms with Gasteiger partial charge in [0, 0.05) is 32.2 Å². The Labute approximate surface area is 160 Å². The fourth-order valence-electron chi connectivity index (χ4n) is 2.33. The quantitative estimate of drug-likeness (QED) is 0.299. The molecule has 154 valence electrons. The van der Waals surface area contributed by atoms with E-state index in [-0.39, 0.29) is 17.2 Å². The van der Waals surface area contributed by atoms with E-state index in [0.29, 0.717) is 6.54 Å². The highest BCUT2D eigenvalue weighted by Crippen LogP contribution is 2.16. The first kappa shape index (κ1) is 24.5. The summed E-state index contributed by atoms with van der Waals surface area (Å²) in [6.45, 7) is 18.3. The summed E-state index contributed by atoms with van der Waals surface area (Å²) in [6.07, 6.45) is 1.19. The average molecular weight is 372 g/mol. The molecule has 0 aliphatic carbocycles. The lowest BCUT2D eigenvalue weighted by molar-refractivity contribution is 0.0448. The van der Waals surface area contributed by atoms with Crippen molar-refractivity contribution < 1.29 is 9.53 Å². The maximum Gasteiger partial charge on any atom is 0.408 e. The molecule has 0 radical (unpaired) electrons. The fourth-order valence-corrected chi connectivity index (χ4v) is 2.33. The predicted molar refractivity (Wildman–Crippen MR) is 110 cm³/mol. The van der Waals surface area contributed by atoms with E-state index >= 15 is 0 Å². The van der Waals surface area contributed by atoms with E-state index in [1.54, 1.807) is 7.05 Å². The number of hydrogen-bond donors (Lipinski definition) is 4. The largest absolute Gasteiger partial charge is 0.444 e. The van der Waals surface area contributed by atoms with Crippen molar-refractivity contribution in [3.63, 3.8) is 0 Å². The Morgan fingerprint density at radius 3 is 1.96 bits per heavy atom. The zero-order valence-electron chi connectivity index (χ0n) is 18.3. The number of ether oxygens (including phenoxy) is 1. The van der Waals surface area contributed by atoms with E-state index in [1.807, 2.05) is 20.8 Å². The Bertz CT molecular complexity index is 446. The van der Waals surface area contributed by atoms with Crippen molar-refractivity contribution in [2.75, 3.05) is 26.7 Å². The Balaban J connectivity index is 4.61. The van der Waals surface area contributed by atoms with Crippen LogP contribution in [0.3, 0.4) is 0 Å². The van der Waals surface area contributed by atoms with Gasteiger partial charge in [-0.15, -0.1) is 0 Å². The molecule has 0 aromatic rings. The number of hydrogen-bond acceptors (Lipinski definition) is 4. The normalized spacial score (nSPS) is 13.3. The van der Waals surface area contributed by atoms with Gasteiger partial charge in [-0.3, -0.25) is 4.99 Å². The average Bonchev–Trinajstić information content (AvgIpc) is 2.50. The van der Waals surface area contributed by atoms with Crippen LogP contribution in [0.4, 0.5) is 4.79 Å². The highest BCUT2D eigenvalue weighted by Gasteiger charge is 2.30. The maximum atomic E-state index is 12.2. The molecular weight excluding hydrogens is 330 g/mol. The number of nitrogens with zero attached hydrogens (tertiary/aromatic N) is 1. The maximum absolute atomic E-state index is 12.2. The molecule has 0 fully saturated rings. The second-order valence-corrected chi connectivity index (χ2v) is 8.64. The number of alkyl carbamates (subject to hydrolysis) is 1. The molecule has 0 aliphatic rings. The molecule has 0 aromatic heterocycles. The summed E-state index contributed by atoms with van der Waals surface area (Å²) in [5.41, 5.74) is -0.804. The standard InChI is InChI=1S/C19H41N5O2/c1-10-19(11-2,24-16(25)26-18(6,7)8)14-22-15(20-9)21-12-13-23-17(3,4)5/h23H,10-14H2,1-9H3,(H,24,25)(H2,20,21,22). The van der Waals surface area contributed by atoms with Crippen LogP contribution in [0, 0.1) is 0 Å². The number of carbonyl (C=O) groups excluding carboxylic acids is 1. The molecule has 0 aromatic carbocycles. The monoisotopic (exact) mass is 371 g/mol. The predicted octanol–water partition coefficient (Wildman–Crippen LogP) is 2.62. The lowest BCUT2D eigenvalue weighted by Crippen LogP contribution is -2.57. The Kier molecular flexibility index (Phi) is 9.99. The van der Waals surface area contributed by atoms with Crippen molar-refractivity contribution in [2.24, 2.45) is 4.99 Å². The third-order valence-corrected chi connectivity index (χ3v) is 4.01. The molecule has 0 spiro atoms. The minimum Gasteiger partial charge on any atom is -0.444 e. The third kappa shape index (κ3) is 11.2. The highest BCUT2D eigenvalue weighted by atomic mass is 16.6. The van der Waals surface area contributed by atoms with Crippen molar-refractivity contribution in [3.8, 4) is 0 Å². The van der Waals surface area contributed by atoms with Crippen LogP contribution >= 0.6 is 0 Å². The molecule has 0 saturated heterocycles. The van der Waals surface area contributed by atoms with E-state index in [2.05, 4.69) is 60.9 Å². The second-order valence-electron chi connectivity index (χ2n) is 8.64.